The van der Waals surface area contributed by atoms with E-state index >= 15 is 0 Å². The maximum absolute atomic E-state index is 13.6. The van der Waals surface area contributed by atoms with E-state index in [1.807, 2.05) is 15.8 Å². The number of aliphatic hydroxyl groups is 1. The molecule has 0 radical (unpaired) electrons. The van der Waals surface area contributed by atoms with E-state index in [1.54, 1.807) is 44.2 Å². The van der Waals surface area contributed by atoms with Crippen LogP contribution in [-0.4, -0.2) is 92.7 Å². The number of fused-ring (bicyclic) bond motifs is 1. The molecule has 2 aliphatic carbocycles. The lowest BCUT2D eigenvalue weighted by molar-refractivity contribution is -0.141. The summed E-state index contributed by atoms with van der Waals surface area (Å²) < 4.78 is 41.8. The lowest BCUT2D eigenvalue weighted by atomic mass is 9.66. The van der Waals surface area contributed by atoms with Crippen LogP contribution in [0, 0.1) is 11.3 Å². The Morgan fingerprint density at radius 3 is 2.35 bits per heavy atom. The number of amides is 5. The van der Waals surface area contributed by atoms with Crippen molar-refractivity contribution in [3.05, 3.63) is 82.3 Å². The van der Waals surface area contributed by atoms with Gasteiger partial charge in [-0.1, -0.05) is 17.7 Å². The monoisotopic (exact) mass is 890 g/mol. The fourth-order valence-corrected chi connectivity index (χ4v) is 10.3. The zero-order valence-electron chi connectivity index (χ0n) is 35.8. The number of carbonyl (C=O) groups excluding carboxylic acids is 4. The smallest absolute Gasteiger partial charge is 0.386 e. The molecule has 4 aliphatic rings. The number of imide groups is 1. The number of urea groups is 1. The molecule has 17 heteroatoms. The second kappa shape index (κ2) is 17.5. The molecule has 2 aromatic carbocycles. The molecule has 1 spiro atoms. The Kier molecular flexibility index (Phi) is 12.4. The number of halogens is 4. The first-order chi connectivity index (χ1) is 29.9. The van der Waals surface area contributed by atoms with Crippen molar-refractivity contribution in [2.24, 2.45) is 11.3 Å². The van der Waals surface area contributed by atoms with Gasteiger partial charge in [0.05, 0.1) is 27.9 Å². The summed E-state index contributed by atoms with van der Waals surface area (Å²) >= 11 is 6.43. The topological polar surface area (TPSA) is 153 Å². The average molecular weight is 891 g/mol. The summed E-state index contributed by atoms with van der Waals surface area (Å²) in [5, 5.41) is 22.0. The predicted octanol–water partition coefficient (Wildman–Crippen LogP) is 8.56. The quantitative estimate of drug-likeness (QED) is 0.151. The molecule has 0 unspecified atom stereocenters. The molecule has 2 saturated heterocycles. The van der Waals surface area contributed by atoms with Gasteiger partial charge in [0.15, 0.2) is 0 Å². The number of nitrogens with one attached hydrogen (secondary N) is 2. The van der Waals surface area contributed by atoms with Gasteiger partial charge >= 0.3 is 12.2 Å². The van der Waals surface area contributed by atoms with Crippen molar-refractivity contribution in [3.63, 3.8) is 0 Å². The van der Waals surface area contributed by atoms with E-state index in [-0.39, 0.29) is 47.6 Å². The Balaban J connectivity index is 0.819. The summed E-state index contributed by atoms with van der Waals surface area (Å²) in [6.07, 6.45) is 7.93. The number of hydrogen-bond donors (Lipinski definition) is 3. The largest absolute Gasteiger partial charge is 0.433 e. The number of hydrogen-bond acceptors (Lipinski definition) is 8. The van der Waals surface area contributed by atoms with E-state index in [4.69, 9.17) is 16.7 Å². The molecule has 8 rings (SSSR count). The summed E-state index contributed by atoms with van der Waals surface area (Å²) in [4.78, 5) is 60.3. The zero-order valence-corrected chi connectivity index (χ0v) is 36.6. The number of nitrogens with zero attached hydrogens (tertiary/aromatic N) is 6. The van der Waals surface area contributed by atoms with Gasteiger partial charge in [0.1, 0.15) is 11.4 Å². The zero-order chi connectivity index (χ0) is 44.8. The summed E-state index contributed by atoms with van der Waals surface area (Å²) in [6, 6.07) is 11.7. The normalized spacial score (nSPS) is 21.3. The molecule has 0 bridgehead atoms. The van der Waals surface area contributed by atoms with Crippen LogP contribution in [0.1, 0.15) is 123 Å². The standard InChI is InChI=1S/C46H54ClF3N8O5/c1-44(2,63)33-25-36-30(23-37(33)52-41(60)35-5-4-6-39(51-35)46(48,49)50)27-58(54-36)32-10-7-28(8-11-32)26-55(3)31-13-16-45(17-14-31)18-21-56(22-19-45)42(61)29-9-12-34(47)38(24-29)57-20-15-40(59)53-43(57)62/h4-6,9,12,23-25,27-28,31-32,63H,7-8,10-11,13-22,26H2,1-3H3,(H,52,60)(H,53,59,62)/t28-,32-. The highest BCUT2D eigenvalue weighted by atomic mass is 35.5. The first kappa shape index (κ1) is 44.5. The Labute approximate surface area is 369 Å². The van der Waals surface area contributed by atoms with Crippen LogP contribution in [-0.2, 0) is 16.6 Å². The highest BCUT2D eigenvalue weighted by Crippen LogP contribution is 2.46. The van der Waals surface area contributed by atoms with Crippen molar-refractivity contribution in [2.45, 2.75) is 108 Å². The molecule has 63 heavy (non-hydrogen) atoms. The third-order valence-corrected chi connectivity index (χ3v) is 14.2. The lowest BCUT2D eigenvalue weighted by Gasteiger charge is -2.47. The first-order valence-corrected chi connectivity index (χ1v) is 22.3. The number of pyridine rings is 1. The van der Waals surface area contributed by atoms with Gasteiger partial charge in [0.25, 0.3) is 11.8 Å². The molecule has 5 amide bonds. The number of aromatic nitrogens is 3. The predicted molar refractivity (Wildman–Crippen MR) is 233 cm³/mol. The minimum Gasteiger partial charge on any atom is -0.386 e. The van der Waals surface area contributed by atoms with E-state index in [0.717, 1.165) is 88.3 Å². The van der Waals surface area contributed by atoms with Gasteiger partial charge in [-0.2, -0.15) is 18.3 Å². The van der Waals surface area contributed by atoms with E-state index in [2.05, 4.69) is 27.6 Å². The second-order valence-corrected chi connectivity index (χ2v) is 19.0. The first-order valence-electron chi connectivity index (χ1n) is 21.9. The van der Waals surface area contributed by atoms with Crippen LogP contribution >= 0.6 is 11.6 Å². The molecule has 4 aromatic rings. The maximum Gasteiger partial charge on any atom is 0.433 e. The molecule has 4 fully saturated rings. The van der Waals surface area contributed by atoms with Crippen LogP contribution in [0.3, 0.4) is 0 Å². The van der Waals surface area contributed by atoms with Crippen molar-refractivity contribution >= 4 is 57.6 Å². The molecule has 0 atom stereocenters. The second-order valence-electron chi connectivity index (χ2n) is 18.5. The Morgan fingerprint density at radius 2 is 1.68 bits per heavy atom. The molecule has 2 aromatic heterocycles. The van der Waals surface area contributed by atoms with E-state index in [9.17, 15) is 37.5 Å². The van der Waals surface area contributed by atoms with Crippen LogP contribution in [0.4, 0.5) is 29.3 Å². The molecule has 4 heterocycles. The average Bonchev–Trinajstić information content (AvgIpc) is 3.67. The fourth-order valence-electron chi connectivity index (χ4n) is 10.1. The van der Waals surface area contributed by atoms with Gasteiger partial charge in [-0.05, 0) is 139 Å². The van der Waals surface area contributed by atoms with Crippen LogP contribution in [0.15, 0.2) is 54.7 Å². The highest BCUT2D eigenvalue weighted by molar-refractivity contribution is 6.34. The highest BCUT2D eigenvalue weighted by Gasteiger charge is 2.41. The number of likely N-dealkylation sites (tertiary alicyclic amines) is 1. The van der Waals surface area contributed by atoms with Gasteiger partial charge in [0.2, 0.25) is 5.91 Å². The Hall–Kier alpha value is -5.06. The third-order valence-electron chi connectivity index (χ3n) is 13.9. The van der Waals surface area contributed by atoms with E-state index < -0.39 is 29.4 Å². The van der Waals surface area contributed by atoms with Crippen molar-refractivity contribution in [1.82, 2.24) is 29.9 Å². The van der Waals surface area contributed by atoms with Crippen molar-refractivity contribution in [2.75, 3.05) is 43.4 Å². The Bertz CT molecular complexity index is 2390. The minimum atomic E-state index is -4.69. The molecule has 13 nitrogen and oxygen atoms in total. The van der Waals surface area contributed by atoms with E-state index in [0.29, 0.717) is 52.4 Å². The van der Waals surface area contributed by atoms with Crippen LogP contribution in [0.5, 0.6) is 0 Å². The number of rotatable bonds is 9. The Morgan fingerprint density at radius 1 is 0.968 bits per heavy atom. The van der Waals surface area contributed by atoms with Gasteiger partial charge in [-0.3, -0.25) is 29.3 Å². The summed E-state index contributed by atoms with van der Waals surface area (Å²) in [5.41, 5.74) is -0.478. The van der Waals surface area contributed by atoms with Crippen LogP contribution < -0.4 is 15.5 Å². The SMILES string of the molecule is CN(C[C@H]1CC[C@H](n2cc3cc(NC(=O)c4cccc(C(F)(F)F)n4)c(C(C)(C)O)cc3n2)CC1)C1CCC2(CC1)CCN(C(=O)c1ccc(Cl)c(N3CCC(=O)NC3=O)c1)CC2. The molecular formula is C46H54ClF3N8O5. The number of carbonyl (C=O) groups is 4. The maximum atomic E-state index is 13.6. The van der Waals surface area contributed by atoms with Crippen molar-refractivity contribution in [3.8, 4) is 0 Å². The summed E-state index contributed by atoms with van der Waals surface area (Å²) in [7, 11) is 2.25. The number of anilines is 2. The lowest BCUT2D eigenvalue weighted by Crippen LogP contribution is -2.49. The van der Waals surface area contributed by atoms with Crippen LogP contribution in [0.25, 0.3) is 10.9 Å². The molecule has 336 valence electrons. The van der Waals surface area contributed by atoms with Gasteiger partial charge in [0, 0.05) is 67.0 Å². The number of piperidine rings is 1. The fraction of sp³-hybridized carbons (Fsp3) is 0.522. The van der Waals surface area contributed by atoms with Gasteiger partial charge in [-0.25, -0.2) is 9.78 Å². The summed E-state index contributed by atoms with van der Waals surface area (Å²) in [6.45, 7) is 5.76. The van der Waals surface area contributed by atoms with Gasteiger partial charge < -0.3 is 20.2 Å². The van der Waals surface area contributed by atoms with Crippen molar-refractivity contribution in [1.29, 1.82) is 0 Å². The third kappa shape index (κ3) is 9.72. The number of alkyl halides is 3. The summed E-state index contributed by atoms with van der Waals surface area (Å²) in [5.74, 6) is -0.660. The molecule has 2 saturated carbocycles. The van der Waals surface area contributed by atoms with Crippen LogP contribution in [0.2, 0.25) is 5.02 Å². The molecular weight excluding hydrogens is 837 g/mol. The number of benzene rings is 2. The molecule has 2 aliphatic heterocycles. The van der Waals surface area contributed by atoms with Gasteiger partial charge in [-0.15, -0.1) is 0 Å². The minimum absolute atomic E-state index is 0.0762. The molecule has 3 N–H and O–H groups in total. The van der Waals surface area contributed by atoms with E-state index in [1.165, 1.54) is 11.0 Å². The van der Waals surface area contributed by atoms with Crippen molar-refractivity contribution < 1.29 is 37.5 Å².